The van der Waals surface area contributed by atoms with Gasteiger partial charge in [0.25, 0.3) is 0 Å². The van der Waals surface area contributed by atoms with Crippen molar-refractivity contribution in [3.63, 3.8) is 0 Å². The predicted octanol–water partition coefficient (Wildman–Crippen LogP) is 1.76. The Bertz CT molecular complexity index is 901. The number of aliphatic hydroxyl groups is 1. The molecule has 0 fully saturated rings. The van der Waals surface area contributed by atoms with E-state index < -0.39 is 15.3 Å². The number of H-pyrrole nitrogens is 2. The first-order chi connectivity index (χ1) is 15.3. The zero-order valence-corrected chi connectivity index (χ0v) is 20.0. The van der Waals surface area contributed by atoms with Crippen molar-refractivity contribution in [1.29, 1.82) is 0 Å². The molecule has 34 heavy (non-hydrogen) atoms. The number of nitrogens with one attached hydrogen (secondary N) is 2. The third kappa shape index (κ3) is 20.4. The molecule has 0 aromatic carbocycles. The monoisotopic (exact) mass is 629 g/mol. The Morgan fingerprint density at radius 3 is 1.24 bits per heavy atom. The number of aromatic nitrogens is 5. The Labute approximate surface area is 222 Å². The molecule has 0 bridgehead atoms. The first-order valence-corrected chi connectivity index (χ1v) is 8.41. The van der Waals surface area contributed by atoms with Crippen molar-refractivity contribution in [1.82, 2.24) is 25.4 Å². The molecule has 0 amide bonds. The van der Waals surface area contributed by atoms with Gasteiger partial charge in [-0.25, -0.2) is 4.98 Å². The molecule has 0 atom stereocenters. The van der Waals surface area contributed by atoms with Crippen LogP contribution in [0.1, 0.15) is 18.3 Å². The van der Waals surface area contributed by atoms with Gasteiger partial charge in [0.2, 0.25) is 0 Å². The van der Waals surface area contributed by atoms with E-state index in [0.29, 0.717) is 0 Å². The van der Waals surface area contributed by atoms with Crippen molar-refractivity contribution in [2.45, 2.75) is 20.8 Å². The normalized spacial score (nSPS) is 8.35. The molecule has 3 heterocycles. The van der Waals surface area contributed by atoms with Crippen LogP contribution >= 0.6 is 0 Å². The Hall–Kier alpha value is -3.55. The summed E-state index contributed by atoms with van der Waals surface area (Å²) in [6, 6.07) is 9.80. The molecule has 3 aromatic rings. The van der Waals surface area contributed by atoms with Gasteiger partial charge < -0.3 is 51.1 Å². The predicted molar refractivity (Wildman–Crippen MR) is 113 cm³/mol. The van der Waals surface area contributed by atoms with Gasteiger partial charge in [-0.2, -0.15) is 10.2 Å². The fourth-order valence-electron chi connectivity index (χ4n) is 1.82. The summed E-state index contributed by atoms with van der Waals surface area (Å²) in [4.78, 5) is 29.3. The number of nitrogens with zero attached hydrogens (tertiary/aromatic N) is 6. The van der Waals surface area contributed by atoms with E-state index in [0.717, 1.165) is 34.2 Å². The minimum atomic E-state index is -1.75. The number of aromatic amines is 2. The number of hydrogen-bond donors (Lipinski definition) is 3. The number of rotatable bonds is 2. The maximum Gasteiger partial charge on any atom is 3.00 e. The molecule has 0 unspecified atom stereocenters. The maximum absolute atomic E-state index is 8.25. The van der Waals surface area contributed by atoms with Crippen molar-refractivity contribution in [3.8, 4) is 22.8 Å². The van der Waals surface area contributed by atoms with Crippen LogP contribution in [0, 0.1) is 99.8 Å². The number of aliphatic hydroxyl groups excluding tert-OH is 1. The summed E-state index contributed by atoms with van der Waals surface area (Å²) in [5.74, 6) is 0. The van der Waals surface area contributed by atoms with Gasteiger partial charge in [-0.3, -0.25) is 10.2 Å². The first-order valence-electron chi connectivity index (χ1n) is 8.41. The SMILES string of the molecule is CCO.Cc1cc(-c2cccc(-c3cc(C)[nH]n3)n2)n[nH]1.O=[N+]([O-])[O-].O=[N+]([O-])[O-].O=[N+]([O-])[O-].[Gd+3]. The molecule has 0 saturated carbocycles. The summed E-state index contributed by atoms with van der Waals surface area (Å²) in [5.41, 5.74) is 5.43. The van der Waals surface area contributed by atoms with Gasteiger partial charge in [0.15, 0.2) is 0 Å². The van der Waals surface area contributed by atoms with Crippen molar-refractivity contribution in [2.75, 3.05) is 6.61 Å². The van der Waals surface area contributed by atoms with Crippen LogP contribution in [0.2, 0.25) is 0 Å². The van der Waals surface area contributed by atoms with Crippen LogP contribution in [0.15, 0.2) is 30.3 Å². The second-order valence-electron chi connectivity index (χ2n) is 5.27. The van der Waals surface area contributed by atoms with Crippen LogP contribution in [0.5, 0.6) is 0 Å². The minimum absolute atomic E-state index is 0. The average Bonchev–Trinajstić information content (AvgIpc) is 3.30. The Kier molecular flexibility index (Phi) is 20.7. The van der Waals surface area contributed by atoms with Crippen LogP contribution in [-0.4, -0.2) is 52.4 Å². The molecule has 187 valence electrons. The number of aryl methyl sites for hydroxylation is 2. The number of hydrogen-bond acceptors (Lipinski definition) is 13. The van der Waals surface area contributed by atoms with Crippen molar-refractivity contribution in [3.05, 3.63) is 87.7 Å². The van der Waals surface area contributed by atoms with Gasteiger partial charge in [0.05, 0.1) is 26.6 Å². The van der Waals surface area contributed by atoms with Crippen molar-refractivity contribution in [2.24, 2.45) is 0 Å². The van der Waals surface area contributed by atoms with Crippen molar-refractivity contribution >= 4 is 0 Å². The Morgan fingerprint density at radius 1 is 0.765 bits per heavy atom. The van der Waals surface area contributed by atoms with E-state index in [2.05, 4.69) is 25.4 Å². The van der Waals surface area contributed by atoms with Gasteiger partial charge in [0.1, 0.15) is 11.4 Å². The zero-order valence-electron chi connectivity index (χ0n) is 17.8. The molecule has 0 spiro atoms. The molecule has 18 nitrogen and oxygen atoms in total. The molecule has 3 aromatic heterocycles. The van der Waals surface area contributed by atoms with Gasteiger partial charge in [0, 0.05) is 18.0 Å². The van der Waals surface area contributed by atoms with Gasteiger partial charge in [-0.05, 0) is 45.0 Å². The van der Waals surface area contributed by atoms with E-state index in [1.807, 2.05) is 44.2 Å². The van der Waals surface area contributed by atoms with Crippen LogP contribution in [0.4, 0.5) is 0 Å². The largest absolute Gasteiger partial charge is 3.00 e. The topological polar surface area (TPSA) is 289 Å². The summed E-state index contributed by atoms with van der Waals surface area (Å²) in [6.07, 6.45) is 0. The van der Waals surface area contributed by atoms with Gasteiger partial charge >= 0.3 is 39.9 Å². The fourth-order valence-corrected chi connectivity index (χ4v) is 1.82. The molecule has 0 aliphatic heterocycles. The molecule has 3 rings (SSSR count). The smallest absolute Gasteiger partial charge is 0.397 e. The molecule has 0 aliphatic rings. The molecular weight excluding hydrogens is 609 g/mol. The van der Waals surface area contributed by atoms with E-state index >= 15 is 0 Å². The van der Waals surface area contributed by atoms with Crippen molar-refractivity contribution < 1.29 is 60.3 Å². The second-order valence-corrected chi connectivity index (χ2v) is 5.27. The molecule has 0 aliphatic carbocycles. The van der Waals surface area contributed by atoms with E-state index in [1.54, 1.807) is 6.92 Å². The summed E-state index contributed by atoms with van der Waals surface area (Å²) in [7, 11) is 0. The van der Waals surface area contributed by atoms with E-state index in [1.165, 1.54) is 0 Å². The fraction of sp³-hybridized carbons (Fsp3) is 0.267. The van der Waals surface area contributed by atoms with Crippen LogP contribution in [0.3, 0.4) is 0 Å². The summed E-state index contributed by atoms with van der Waals surface area (Å²) < 4.78 is 0. The zero-order chi connectivity index (χ0) is 26.0. The molecule has 19 heteroatoms. The molecule has 0 saturated heterocycles. The maximum atomic E-state index is 8.25. The second kappa shape index (κ2) is 20.1. The van der Waals surface area contributed by atoms with E-state index in [9.17, 15) is 0 Å². The van der Waals surface area contributed by atoms with E-state index in [-0.39, 0.29) is 46.5 Å². The third-order valence-electron chi connectivity index (χ3n) is 2.69. The molecule has 1 radical (unpaired) electrons. The summed E-state index contributed by atoms with van der Waals surface area (Å²) in [5, 5.41) is 66.1. The van der Waals surface area contributed by atoms with Gasteiger partial charge in [-0.1, -0.05) is 6.07 Å². The average molecular weight is 629 g/mol. The van der Waals surface area contributed by atoms with Crippen LogP contribution in [-0.2, 0) is 0 Å². The minimum Gasteiger partial charge on any atom is -0.397 e. The third-order valence-corrected chi connectivity index (χ3v) is 2.69. The Balaban J connectivity index is -0.000000500. The van der Waals surface area contributed by atoms with E-state index in [4.69, 9.17) is 51.1 Å². The van der Waals surface area contributed by atoms with Gasteiger partial charge in [-0.15, -0.1) is 0 Å². The first kappa shape index (κ1) is 35.1. The number of pyridine rings is 1. The molecule has 3 N–H and O–H groups in total. The van der Waals surface area contributed by atoms with Crippen LogP contribution < -0.4 is 0 Å². The quantitative estimate of drug-likeness (QED) is 0.269. The summed E-state index contributed by atoms with van der Waals surface area (Å²) in [6.45, 7) is 5.87. The summed E-state index contributed by atoms with van der Waals surface area (Å²) >= 11 is 0. The molecular formula is C15H19GdN8O10. The standard InChI is InChI=1S/C13H13N5.C2H6O.Gd.3NO3/c1-8-6-12(17-15-8)10-4-3-5-11(14-10)13-7-9(2)16-18-13;1-2-3;;3*2-1(3)4/h3-7H,1-2H3,(H,15,17)(H,16,18);3H,2H2,1H3;;;;/q;;+3;3*-1. The van der Waals surface area contributed by atoms with Crippen LogP contribution in [0.25, 0.3) is 22.8 Å². The Morgan fingerprint density at radius 2 is 1.03 bits per heavy atom.